The maximum Gasteiger partial charge on any atom is 0.223 e. The van der Waals surface area contributed by atoms with Crippen LogP contribution in [0.3, 0.4) is 0 Å². The van der Waals surface area contributed by atoms with Gasteiger partial charge in [0.2, 0.25) is 15.9 Å². The van der Waals surface area contributed by atoms with E-state index in [0.717, 1.165) is 5.56 Å². The van der Waals surface area contributed by atoms with E-state index in [1.54, 1.807) is 24.3 Å². The van der Waals surface area contributed by atoms with Gasteiger partial charge in [0.25, 0.3) is 0 Å². The number of nitrogens with one attached hydrogen (secondary N) is 2. The summed E-state index contributed by atoms with van der Waals surface area (Å²) in [5, 5.41) is 2.76. The highest BCUT2D eigenvalue weighted by molar-refractivity contribution is 7.88. The van der Waals surface area contributed by atoms with Crippen LogP contribution in [0.25, 0.3) is 0 Å². The Morgan fingerprint density at radius 1 is 1.04 bits per heavy atom. The number of ether oxygens (including phenoxy) is 1. The van der Waals surface area contributed by atoms with Gasteiger partial charge in [0.05, 0.1) is 18.8 Å². The lowest BCUT2D eigenvalue weighted by Crippen LogP contribution is -2.24. The van der Waals surface area contributed by atoms with Gasteiger partial charge < -0.3 is 10.1 Å². The third-order valence-electron chi connectivity index (χ3n) is 3.59. The number of carbonyl (C=O) groups excluding carboxylic acids is 1. The van der Waals surface area contributed by atoms with Crippen molar-refractivity contribution in [3.63, 3.8) is 0 Å². The van der Waals surface area contributed by atoms with E-state index in [1.807, 2.05) is 0 Å². The lowest BCUT2D eigenvalue weighted by atomic mass is 10.1. The summed E-state index contributed by atoms with van der Waals surface area (Å²) in [6.07, 6.45) is 0.176. The molecule has 8 heteroatoms. The number of sulfonamides is 1. The van der Waals surface area contributed by atoms with Crippen LogP contribution in [0.4, 0.5) is 4.39 Å². The maximum atomic E-state index is 12.8. The zero-order valence-electron chi connectivity index (χ0n) is 14.4. The Hall–Kier alpha value is -2.45. The standard InChI is InChI=1S/C18H21FN2O4S/c1-20-26(23,24)13-15-4-2-14(3-5-15)12-21-18(22)10-11-25-17-8-6-16(19)7-9-17/h2-9,20H,10-13H2,1H3,(H,21,22). The normalized spacial score (nSPS) is 11.2. The molecule has 6 nitrogen and oxygen atoms in total. The van der Waals surface area contributed by atoms with Gasteiger partial charge in [-0.25, -0.2) is 17.5 Å². The van der Waals surface area contributed by atoms with E-state index < -0.39 is 10.0 Å². The SMILES string of the molecule is CNS(=O)(=O)Cc1ccc(CNC(=O)CCOc2ccc(F)cc2)cc1. The largest absolute Gasteiger partial charge is 0.493 e. The zero-order valence-corrected chi connectivity index (χ0v) is 15.2. The van der Waals surface area contributed by atoms with E-state index in [9.17, 15) is 17.6 Å². The second-order valence-corrected chi connectivity index (χ2v) is 7.54. The highest BCUT2D eigenvalue weighted by Crippen LogP contribution is 2.11. The molecule has 140 valence electrons. The lowest BCUT2D eigenvalue weighted by Gasteiger charge is -2.08. The quantitative estimate of drug-likeness (QED) is 0.697. The van der Waals surface area contributed by atoms with E-state index in [1.165, 1.54) is 31.3 Å². The van der Waals surface area contributed by atoms with Gasteiger partial charge in [-0.15, -0.1) is 0 Å². The fourth-order valence-corrected chi connectivity index (χ4v) is 2.90. The minimum Gasteiger partial charge on any atom is -0.493 e. The first-order chi connectivity index (χ1) is 12.4. The molecule has 1 amide bonds. The van der Waals surface area contributed by atoms with Crippen LogP contribution >= 0.6 is 0 Å². The molecule has 0 aliphatic rings. The first kappa shape index (κ1) is 19.9. The maximum absolute atomic E-state index is 12.8. The molecule has 0 radical (unpaired) electrons. The zero-order chi connectivity index (χ0) is 19.0. The Labute approximate surface area is 152 Å². The van der Waals surface area contributed by atoms with Gasteiger partial charge in [-0.2, -0.15) is 0 Å². The minimum absolute atomic E-state index is 0.0864. The first-order valence-electron chi connectivity index (χ1n) is 8.02. The Balaban J connectivity index is 1.72. The van der Waals surface area contributed by atoms with E-state index in [4.69, 9.17) is 4.74 Å². The molecule has 26 heavy (non-hydrogen) atoms. The number of carbonyl (C=O) groups is 1. The Morgan fingerprint density at radius 2 is 1.65 bits per heavy atom. The fourth-order valence-electron chi connectivity index (χ4n) is 2.13. The molecule has 0 saturated heterocycles. The number of amides is 1. The fraction of sp³-hybridized carbons (Fsp3) is 0.278. The van der Waals surface area contributed by atoms with Crippen molar-refractivity contribution in [1.82, 2.24) is 10.0 Å². The van der Waals surface area contributed by atoms with Crippen molar-refractivity contribution in [3.8, 4) is 5.75 Å². The van der Waals surface area contributed by atoms with Crippen LogP contribution < -0.4 is 14.8 Å². The molecule has 0 heterocycles. The summed E-state index contributed by atoms with van der Waals surface area (Å²) in [4.78, 5) is 11.8. The molecular formula is C18H21FN2O4S. The van der Waals surface area contributed by atoms with Gasteiger partial charge >= 0.3 is 0 Å². The van der Waals surface area contributed by atoms with Crippen LogP contribution in [-0.2, 0) is 27.1 Å². The third kappa shape index (κ3) is 6.81. The van der Waals surface area contributed by atoms with E-state index in [-0.39, 0.29) is 30.5 Å². The van der Waals surface area contributed by atoms with Crippen LogP contribution in [0.2, 0.25) is 0 Å². The van der Waals surface area contributed by atoms with E-state index in [2.05, 4.69) is 10.0 Å². The van der Waals surface area contributed by atoms with Gasteiger partial charge in [-0.3, -0.25) is 4.79 Å². The summed E-state index contributed by atoms with van der Waals surface area (Å²) in [5.74, 6) is -0.0958. The second-order valence-electron chi connectivity index (χ2n) is 5.61. The van der Waals surface area contributed by atoms with Crippen molar-refractivity contribution in [1.29, 1.82) is 0 Å². The van der Waals surface area contributed by atoms with Gasteiger partial charge in [0.15, 0.2) is 0 Å². The van der Waals surface area contributed by atoms with E-state index in [0.29, 0.717) is 17.9 Å². The lowest BCUT2D eigenvalue weighted by molar-refractivity contribution is -0.121. The summed E-state index contributed by atoms with van der Waals surface area (Å²) >= 11 is 0. The van der Waals surface area contributed by atoms with Gasteiger partial charge in [-0.05, 0) is 42.4 Å². The van der Waals surface area contributed by atoms with Crippen LogP contribution in [-0.4, -0.2) is 28.0 Å². The summed E-state index contributed by atoms with van der Waals surface area (Å²) in [6.45, 7) is 0.534. The molecule has 2 N–H and O–H groups in total. The smallest absolute Gasteiger partial charge is 0.223 e. The Bertz CT molecular complexity index is 821. The number of hydrogen-bond acceptors (Lipinski definition) is 4. The molecule has 0 unspecified atom stereocenters. The predicted molar refractivity (Wildman–Crippen MR) is 96.5 cm³/mol. The average molecular weight is 380 g/mol. The van der Waals surface area contributed by atoms with Crippen LogP contribution in [0.15, 0.2) is 48.5 Å². The molecule has 2 aromatic carbocycles. The van der Waals surface area contributed by atoms with Gasteiger partial charge in [0.1, 0.15) is 11.6 Å². The molecule has 2 rings (SSSR count). The van der Waals surface area contributed by atoms with Crippen molar-refractivity contribution in [2.75, 3.05) is 13.7 Å². The highest BCUT2D eigenvalue weighted by Gasteiger charge is 2.08. The number of hydrogen-bond donors (Lipinski definition) is 2. The summed E-state index contributed by atoms with van der Waals surface area (Å²) in [7, 11) is -1.93. The minimum atomic E-state index is -3.30. The van der Waals surface area contributed by atoms with Crippen LogP contribution in [0.5, 0.6) is 5.75 Å². The number of rotatable bonds is 9. The first-order valence-corrected chi connectivity index (χ1v) is 9.67. The number of halogens is 1. The molecular weight excluding hydrogens is 359 g/mol. The van der Waals surface area contributed by atoms with Crippen molar-refractivity contribution < 1.29 is 22.3 Å². The van der Waals surface area contributed by atoms with E-state index >= 15 is 0 Å². The van der Waals surface area contributed by atoms with Crippen LogP contribution in [0.1, 0.15) is 17.5 Å². The number of benzene rings is 2. The average Bonchev–Trinajstić information content (AvgIpc) is 2.62. The third-order valence-corrected chi connectivity index (χ3v) is 4.93. The topological polar surface area (TPSA) is 84.5 Å². The molecule has 0 fully saturated rings. The summed E-state index contributed by atoms with van der Waals surface area (Å²) < 4.78 is 43.4. The molecule has 0 aliphatic heterocycles. The predicted octanol–water partition coefficient (Wildman–Crippen LogP) is 1.96. The monoisotopic (exact) mass is 380 g/mol. The molecule has 0 bridgehead atoms. The van der Waals surface area contributed by atoms with Crippen molar-refractivity contribution in [3.05, 3.63) is 65.5 Å². The summed E-state index contributed by atoms with van der Waals surface area (Å²) in [5.41, 5.74) is 1.53. The molecule has 0 aromatic heterocycles. The van der Waals surface area contributed by atoms with Crippen molar-refractivity contribution in [2.24, 2.45) is 0 Å². The second kappa shape index (κ2) is 9.30. The van der Waals surface area contributed by atoms with Crippen molar-refractivity contribution in [2.45, 2.75) is 18.7 Å². The Morgan fingerprint density at radius 3 is 2.27 bits per heavy atom. The molecule has 0 aliphatic carbocycles. The molecule has 0 spiro atoms. The van der Waals surface area contributed by atoms with Gasteiger partial charge in [-0.1, -0.05) is 24.3 Å². The van der Waals surface area contributed by atoms with Crippen molar-refractivity contribution >= 4 is 15.9 Å². The summed E-state index contributed by atoms with van der Waals surface area (Å²) in [6, 6.07) is 12.6. The molecule has 0 atom stereocenters. The molecule has 2 aromatic rings. The van der Waals surface area contributed by atoms with Gasteiger partial charge in [0, 0.05) is 6.54 Å². The Kier molecular flexibility index (Phi) is 7.11. The highest BCUT2D eigenvalue weighted by atomic mass is 32.2. The molecule has 0 saturated carbocycles. The van der Waals surface area contributed by atoms with Crippen LogP contribution in [0, 0.1) is 5.82 Å².